The highest BCUT2D eigenvalue weighted by molar-refractivity contribution is 6.31. The minimum absolute atomic E-state index is 0.400. The van der Waals surface area contributed by atoms with Crippen molar-refractivity contribution in [2.24, 2.45) is 10.8 Å². The molecule has 2 heteroatoms. The van der Waals surface area contributed by atoms with Gasteiger partial charge in [-0.1, -0.05) is 77.6 Å². The van der Waals surface area contributed by atoms with Crippen molar-refractivity contribution in [2.75, 3.05) is 13.1 Å². The molecule has 2 saturated carbocycles. The summed E-state index contributed by atoms with van der Waals surface area (Å²) >= 11 is 6.83. The van der Waals surface area contributed by atoms with Crippen molar-refractivity contribution in [2.45, 2.75) is 111 Å². The molecule has 0 radical (unpaired) electrons. The Morgan fingerprint density at radius 3 is 2.24 bits per heavy atom. The molecule has 0 saturated heterocycles. The smallest absolute Gasteiger partial charge is 0.0443 e. The van der Waals surface area contributed by atoms with Crippen molar-refractivity contribution in [1.29, 1.82) is 0 Å². The summed E-state index contributed by atoms with van der Waals surface area (Å²) in [6, 6.07) is 7.80. The third-order valence-corrected chi connectivity index (χ3v) is 7.80. The first kappa shape index (κ1) is 23.1. The van der Waals surface area contributed by atoms with Crippen molar-refractivity contribution in [1.82, 2.24) is 4.90 Å². The number of rotatable bonds is 7. The van der Waals surface area contributed by atoms with E-state index in [2.05, 4.69) is 57.7 Å². The summed E-state index contributed by atoms with van der Waals surface area (Å²) in [4.78, 5) is 2.72. The zero-order chi connectivity index (χ0) is 21.1. The van der Waals surface area contributed by atoms with Crippen LogP contribution < -0.4 is 0 Å². The first-order valence-corrected chi connectivity index (χ1v) is 12.6. The molecular formula is C27H44ClN. The minimum Gasteiger partial charge on any atom is -0.301 e. The van der Waals surface area contributed by atoms with Crippen molar-refractivity contribution in [3.8, 4) is 0 Å². The lowest BCUT2D eigenvalue weighted by Gasteiger charge is -2.45. The van der Waals surface area contributed by atoms with E-state index in [1.54, 1.807) is 0 Å². The molecule has 2 aliphatic rings. The zero-order valence-corrected chi connectivity index (χ0v) is 20.5. The fraction of sp³-hybridized carbons (Fsp3) is 0.778. The summed E-state index contributed by atoms with van der Waals surface area (Å²) in [5.41, 5.74) is 3.59. The average molecular weight is 418 g/mol. The van der Waals surface area contributed by atoms with Gasteiger partial charge in [0.25, 0.3) is 0 Å². The highest BCUT2D eigenvalue weighted by Crippen LogP contribution is 2.52. The molecule has 1 aromatic rings. The third kappa shape index (κ3) is 6.47. The summed E-state index contributed by atoms with van der Waals surface area (Å²) < 4.78 is 0. The molecule has 2 aliphatic carbocycles. The monoisotopic (exact) mass is 417 g/mol. The van der Waals surface area contributed by atoms with Crippen LogP contribution in [0.25, 0.3) is 0 Å². The van der Waals surface area contributed by atoms with Gasteiger partial charge in [-0.2, -0.15) is 0 Å². The minimum atomic E-state index is 0.400. The fourth-order valence-electron chi connectivity index (χ4n) is 6.65. The molecule has 0 heterocycles. The highest BCUT2D eigenvalue weighted by atomic mass is 35.5. The van der Waals surface area contributed by atoms with Crippen LogP contribution in [0.1, 0.15) is 109 Å². The van der Waals surface area contributed by atoms with Gasteiger partial charge < -0.3 is 4.90 Å². The molecule has 29 heavy (non-hydrogen) atoms. The van der Waals surface area contributed by atoms with Gasteiger partial charge in [-0.15, -0.1) is 0 Å². The van der Waals surface area contributed by atoms with Crippen LogP contribution in [0, 0.1) is 10.8 Å². The molecule has 2 fully saturated rings. The summed E-state index contributed by atoms with van der Waals surface area (Å²) in [5, 5.41) is 1.00. The van der Waals surface area contributed by atoms with Crippen LogP contribution in [-0.4, -0.2) is 24.0 Å². The number of halogens is 1. The van der Waals surface area contributed by atoms with Crippen molar-refractivity contribution in [3.63, 3.8) is 0 Å². The molecule has 0 spiro atoms. The molecule has 3 rings (SSSR count). The van der Waals surface area contributed by atoms with Crippen LogP contribution in [0.4, 0.5) is 0 Å². The lowest BCUT2D eigenvalue weighted by Crippen LogP contribution is -2.37. The maximum atomic E-state index is 6.83. The van der Waals surface area contributed by atoms with Gasteiger partial charge in [-0.05, 0) is 92.0 Å². The second-order valence-corrected chi connectivity index (χ2v) is 11.9. The van der Waals surface area contributed by atoms with Gasteiger partial charge in [-0.25, -0.2) is 0 Å². The standard InChI is InChI=1S/C27H44ClN/c1-6-29(23-12-8-7-9-13-23)16-10-11-21-14-15-24(25(28)17-21)22-18-26(2,3)20-27(4,5)19-22/h14-15,17,22-23H,6-13,16,18-20H2,1-5H3. The van der Waals surface area contributed by atoms with Gasteiger partial charge in [0.2, 0.25) is 0 Å². The molecule has 0 aliphatic heterocycles. The first-order valence-electron chi connectivity index (χ1n) is 12.2. The first-order chi connectivity index (χ1) is 13.7. The Morgan fingerprint density at radius 2 is 1.66 bits per heavy atom. The number of benzene rings is 1. The predicted molar refractivity (Wildman–Crippen MR) is 128 cm³/mol. The Bertz CT molecular complexity index is 641. The lowest BCUT2D eigenvalue weighted by atomic mass is 9.60. The SMILES string of the molecule is CCN(CCCc1ccc(C2CC(C)(C)CC(C)(C)C2)c(Cl)c1)C1CCCCC1. The van der Waals surface area contributed by atoms with Crippen LogP contribution in [0.2, 0.25) is 5.02 Å². The average Bonchev–Trinajstić information content (AvgIpc) is 2.63. The van der Waals surface area contributed by atoms with Crippen LogP contribution in [0.3, 0.4) is 0 Å². The number of hydrogen-bond donors (Lipinski definition) is 0. The van der Waals surface area contributed by atoms with E-state index in [9.17, 15) is 0 Å². The third-order valence-electron chi connectivity index (χ3n) is 7.47. The molecule has 0 bridgehead atoms. The van der Waals surface area contributed by atoms with Gasteiger partial charge >= 0.3 is 0 Å². The Morgan fingerprint density at radius 1 is 1.00 bits per heavy atom. The van der Waals surface area contributed by atoms with E-state index in [4.69, 9.17) is 11.6 Å². The summed E-state index contributed by atoms with van der Waals surface area (Å²) in [6.07, 6.45) is 13.3. The summed E-state index contributed by atoms with van der Waals surface area (Å²) in [7, 11) is 0. The molecule has 0 amide bonds. The van der Waals surface area contributed by atoms with E-state index in [0.717, 1.165) is 17.5 Å². The maximum Gasteiger partial charge on any atom is 0.0443 e. The Balaban J connectivity index is 1.58. The van der Waals surface area contributed by atoms with Crippen LogP contribution >= 0.6 is 11.6 Å². The predicted octanol–water partition coefficient (Wildman–Crippen LogP) is 8.25. The maximum absolute atomic E-state index is 6.83. The number of aryl methyl sites for hydroxylation is 1. The van der Waals surface area contributed by atoms with E-state index in [-0.39, 0.29) is 0 Å². The quantitative estimate of drug-likeness (QED) is 0.431. The zero-order valence-electron chi connectivity index (χ0n) is 19.7. The van der Waals surface area contributed by atoms with E-state index in [1.165, 1.54) is 82.0 Å². The second-order valence-electron chi connectivity index (χ2n) is 11.5. The Kier molecular flexibility index (Phi) is 7.77. The van der Waals surface area contributed by atoms with Crippen molar-refractivity contribution < 1.29 is 0 Å². The molecule has 1 aromatic carbocycles. The van der Waals surface area contributed by atoms with Crippen molar-refractivity contribution in [3.05, 3.63) is 34.3 Å². The van der Waals surface area contributed by atoms with Gasteiger partial charge in [-0.3, -0.25) is 0 Å². The topological polar surface area (TPSA) is 3.24 Å². The van der Waals surface area contributed by atoms with Crippen LogP contribution in [-0.2, 0) is 6.42 Å². The largest absolute Gasteiger partial charge is 0.301 e. The molecule has 0 unspecified atom stereocenters. The normalized spacial score (nSPS) is 22.9. The van der Waals surface area contributed by atoms with Crippen LogP contribution in [0.5, 0.6) is 0 Å². The lowest BCUT2D eigenvalue weighted by molar-refractivity contribution is 0.0969. The molecule has 1 nitrogen and oxygen atoms in total. The van der Waals surface area contributed by atoms with E-state index < -0.39 is 0 Å². The van der Waals surface area contributed by atoms with Gasteiger partial charge in [0.05, 0.1) is 0 Å². The fourth-order valence-corrected chi connectivity index (χ4v) is 7.01. The molecule has 0 atom stereocenters. The highest BCUT2D eigenvalue weighted by Gasteiger charge is 2.39. The van der Waals surface area contributed by atoms with Gasteiger partial charge in [0.15, 0.2) is 0 Å². The second kappa shape index (κ2) is 9.73. The van der Waals surface area contributed by atoms with Crippen LogP contribution in [0.15, 0.2) is 18.2 Å². The Hall–Kier alpha value is -0.530. The number of hydrogen-bond acceptors (Lipinski definition) is 1. The number of nitrogens with zero attached hydrogens (tertiary/aromatic N) is 1. The Labute approximate surface area is 185 Å². The molecular weight excluding hydrogens is 374 g/mol. The summed E-state index contributed by atoms with van der Waals surface area (Å²) in [5.74, 6) is 0.595. The summed E-state index contributed by atoms with van der Waals surface area (Å²) in [6.45, 7) is 14.4. The van der Waals surface area contributed by atoms with Crippen molar-refractivity contribution >= 4 is 11.6 Å². The molecule has 0 aromatic heterocycles. The molecule has 164 valence electrons. The van der Waals surface area contributed by atoms with E-state index >= 15 is 0 Å². The molecule has 0 N–H and O–H groups in total. The van der Waals surface area contributed by atoms with Gasteiger partial charge in [0.1, 0.15) is 0 Å². The van der Waals surface area contributed by atoms with E-state index in [0.29, 0.717) is 16.7 Å². The van der Waals surface area contributed by atoms with E-state index in [1.807, 2.05) is 0 Å². The van der Waals surface area contributed by atoms with Gasteiger partial charge in [0, 0.05) is 11.1 Å².